The van der Waals surface area contributed by atoms with Gasteiger partial charge in [-0.2, -0.15) is 0 Å². The van der Waals surface area contributed by atoms with Gasteiger partial charge in [-0.05, 0) is 38.4 Å². The van der Waals surface area contributed by atoms with Crippen molar-refractivity contribution >= 4 is 18.4 Å². The average molecular weight is 316 g/mol. The third kappa shape index (κ3) is 4.79. The van der Waals surface area contributed by atoms with E-state index in [2.05, 4.69) is 0 Å². The molecule has 5 nitrogen and oxygen atoms in total. The Hall–Kier alpha value is -1.46. The minimum atomic E-state index is -0.739. The third-order valence-corrected chi connectivity index (χ3v) is 3.43. The predicted molar refractivity (Wildman–Crippen MR) is 82.6 cm³/mol. The van der Waals surface area contributed by atoms with Gasteiger partial charge in [0.2, 0.25) is 0 Å². The van der Waals surface area contributed by atoms with Crippen LogP contribution in [0, 0.1) is 0 Å². The molecule has 1 fully saturated rings. The van der Waals surface area contributed by atoms with Crippen molar-refractivity contribution < 1.29 is 19.4 Å². The summed E-state index contributed by atoms with van der Waals surface area (Å²) in [7, 11) is 0. The zero-order valence-electron chi connectivity index (χ0n) is 12.2. The van der Waals surface area contributed by atoms with Crippen LogP contribution in [-0.2, 0) is 4.79 Å². The average Bonchev–Trinajstić information content (AvgIpc) is 2.90. The quantitative estimate of drug-likeness (QED) is 0.837. The Kier molecular flexibility index (Phi) is 7.32. The summed E-state index contributed by atoms with van der Waals surface area (Å²) in [6, 6.07) is 7.17. The lowest BCUT2D eigenvalue weighted by Gasteiger charge is -2.21. The number of benzene rings is 1. The first-order valence-electron chi connectivity index (χ1n) is 7.04. The third-order valence-electron chi connectivity index (χ3n) is 3.43. The van der Waals surface area contributed by atoms with Crippen molar-refractivity contribution in [3.8, 4) is 11.5 Å². The van der Waals surface area contributed by atoms with E-state index in [0.29, 0.717) is 25.5 Å². The zero-order valence-corrected chi connectivity index (χ0v) is 13.0. The standard InChI is InChI=1S/C15H21NO4.ClH/c1-2-19-13-7-3-4-8-14(13)20-11-10-16-9-5-6-12(16)15(17)18;/h3-4,7-8,12H,2,5-6,9-11H2,1H3,(H,17,18);1H. The van der Waals surface area contributed by atoms with E-state index in [4.69, 9.17) is 14.6 Å². The van der Waals surface area contributed by atoms with Crippen LogP contribution in [0.15, 0.2) is 24.3 Å². The summed E-state index contributed by atoms with van der Waals surface area (Å²) in [6.07, 6.45) is 1.66. The van der Waals surface area contributed by atoms with Crippen molar-refractivity contribution in [2.24, 2.45) is 0 Å². The van der Waals surface area contributed by atoms with Crippen LogP contribution in [0.2, 0.25) is 0 Å². The van der Waals surface area contributed by atoms with Crippen LogP contribution in [0.3, 0.4) is 0 Å². The van der Waals surface area contributed by atoms with Crippen molar-refractivity contribution in [2.45, 2.75) is 25.8 Å². The Morgan fingerprint density at radius 3 is 2.62 bits per heavy atom. The smallest absolute Gasteiger partial charge is 0.320 e. The summed E-state index contributed by atoms with van der Waals surface area (Å²) >= 11 is 0. The molecule has 1 saturated heterocycles. The van der Waals surface area contributed by atoms with E-state index in [-0.39, 0.29) is 18.4 Å². The second-order valence-electron chi connectivity index (χ2n) is 4.76. The minimum absolute atomic E-state index is 0. The fourth-order valence-electron chi connectivity index (χ4n) is 2.49. The maximum atomic E-state index is 11.1. The second kappa shape index (κ2) is 8.74. The summed E-state index contributed by atoms with van der Waals surface area (Å²) in [5.41, 5.74) is 0. The highest BCUT2D eigenvalue weighted by Gasteiger charge is 2.29. The van der Waals surface area contributed by atoms with Gasteiger partial charge in [0.15, 0.2) is 11.5 Å². The molecular weight excluding hydrogens is 294 g/mol. The molecule has 1 aromatic rings. The van der Waals surface area contributed by atoms with Crippen LogP contribution >= 0.6 is 12.4 Å². The lowest BCUT2D eigenvalue weighted by molar-refractivity contribution is -0.142. The number of halogens is 1. The number of carbonyl (C=O) groups is 1. The Labute approximate surface area is 131 Å². The molecule has 118 valence electrons. The number of para-hydroxylation sites is 2. The number of nitrogens with zero attached hydrogens (tertiary/aromatic N) is 1. The fraction of sp³-hybridized carbons (Fsp3) is 0.533. The molecule has 0 aliphatic carbocycles. The molecule has 1 unspecified atom stereocenters. The Morgan fingerprint density at radius 2 is 2.00 bits per heavy atom. The van der Waals surface area contributed by atoms with Crippen molar-refractivity contribution in [3.63, 3.8) is 0 Å². The summed E-state index contributed by atoms with van der Waals surface area (Å²) in [6.45, 7) is 4.44. The van der Waals surface area contributed by atoms with Gasteiger partial charge >= 0.3 is 5.97 Å². The van der Waals surface area contributed by atoms with Crippen LogP contribution in [-0.4, -0.2) is 48.3 Å². The molecule has 0 saturated carbocycles. The van der Waals surface area contributed by atoms with Gasteiger partial charge < -0.3 is 14.6 Å². The molecule has 1 aromatic carbocycles. The fourth-order valence-corrected chi connectivity index (χ4v) is 2.49. The molecule has 0 aromatic heterocycles. The van der Waals surface area contributed by atoms with E-state index in [1.807, 2.05) is 36.1 Å². The van der Waals surface area contributed by atoms with Crippen molar-refractivity contribution in [2.75, 3.05) is 26.3 Å². The minimum Gasteiger partial charge on any atom is -0.490 e. The van der Waals surface area contributed by atoms with Gasteiger partial charge in [-0.1, -0.05) is 12.1 Å². The largest absolute Gasteiger partial charge is 0.490 e. The highest BCUT2D eigenvalue weighted by atomic mass is 35.5. The Bertz CT molecular complexity index is 455. The van der Waals surface area contributed by atoms with E-state index in [1.165, 1.54) is 0 Å². The van der Waals surface area contributed by atoms with Gasteiger partial charge in [-0.25, -0.2) is 0 Å². The first-order chi connectivity index (χ1) is 9.72. The molecule has 0 spiro atoms. The molecule has 6 heteroatoms. The summed E-state index contributed by atoms with van der Waals surface area (Å²) in [5, 5.41) is 9.11. The number of rotatable bonds is 7. The summed E-state index contributed by atoms with van der Waals surface area (Å²) in [5.74, 6) is 0.698. The molecule has 1 N–H and O–H groups in total. The van der Waals surface area contributed by atoms with E-state index >= 15 is 0 Å². The summed E-state index contributed by atoms with van der Waals surface area (Å²) in [4.78, 5) is 13.0. The van der Waals surface area contributed by atoms with Gasteiger partial charge in [0, 0.05) is 6.54 Å². The number of ether oxygens (including phenoxy) is 2. The number of carboxylic acids is 1. The van der Waals surface area contributed by atoms with E-state index in [0.717, 1.165) is 25.1 Å². The predicted octanol–water partition coefficient (Wildman–Crippen LogP) is 2.43. The highest BCUT2D eigenvalue weighted by Crippen LogP contribution is 2.26. The molecule has 2 rings (SSSR count). The first-order valence-corrected chi connectivity index (χ1v) is 7.04. The molecule has 0 bridgehead atoms. The molecule has 0 radical (unpaired) electrons. The molecular formula is C15H22ClNO4. The first kappa shape index (κ1) is 17.6. The highest BCUT2D eigenvalue weighted by molar-refractivity contribution is 5.85. The second-order valence-corrected chi connectivity index (χ2v) is 4.76. The Balaban J connectivity index is 0.00000220. The van der Waals surface area contributed by atoms with Crippen molar-refractivity contribution in [1.29, 1.82) is 0 Å². The van der Waals surface area contributed by atoms with E-state index in [9.17, 15) is 4.79 Å². The molecule has 0 amide bonds. The van der Waals surface area contributed by atoms with Gasteiger partial charge in [-0.15, -0.1) is 12.4 Å². The maximum absolute atomic E-state index is 11.1. The lowest BCUT2D eigenvalue weighted by atomic mass is 10.2. The van der Waals surface area contributed by atoms with Crippen LogP contribution in [0.25, 0.3) is 0 Å². The molecule has 1 atom stereocenters. The zero-order chi connectivity index (χ0) is 14.4. The SMILES string of the molecule is CCOc1ccccc1OCCN1CCCC1C(=O)O.Cl. The maximum Gasteiger partial charge on any atom is 0.320 e. The number of hydrogen-bond acceptors (Lipinski definition) is 4. The van der Waals surface area contributed by atoms with Gasteiger partial charge in [-0.3, -0.25) is 9.69 Å². The summed E-state index contributed by atoms with van der Waals surface area (Å²) < 4.78 is 11.2. The van der Waals surface area contributed by atoms with Crippen LogP contribution in [0.5, 0.6) is 11.5 Å². The number of hydrogen-bond donors (Lipinski definition) is 1. The molecule has 1 aliphatic heterocycles. The molecule has 1 aliphatic rings. The van der Waals surface area contributed by atoms with Crippen molar-refractivity contribution in [1.82, 2.24) is 4.90 Å². The molecule has 21 heavy (non-hydrogen) atoms. The van der Waals surface area contributed by atoms with Crippen LogP contribution in [0.1, 0.15) is 19.8 Å². The van der Waals surface area contributed by atoms with E-state index < -0.39 is 5.97 Å². The topological polar surface area (TPSA) is 59.0 Å². The van der Waals surface area contributed by atoms with Gasteiger partial charge in [0.05, 0.1) is 6.61 Å². The lowest BCUT2D eigenvalue weighted by Crippen LogP contribution is -2.38. The normalized spacial score (nSPS) is 18.0. The van der Waals surface area contributed by atoms with Crippen LogP contribution < -0.4 is 9.47 Å². The van der Waals surface area contributed by atoms with Gasteiger partial charge in [0.25, 0.3) is 0 Å². The van der Waals surface area contributed by atoms with Crippen LogP contribution in [0.4, 0.5) is 0 Å². The van der Waals surface area contributed by atoms with Gasteiger partial charge in [0.1, 0.15) is 12.6 Å². The van der Waals surface area contributed by atoms with E-state index in [1.54, 1.807) is 0 Å². The van der Waals surface area contributed by atoms with Crippen molar-refractivity contribution in [3.05, 3.63) is 24.3 Å². The number of carboxylic acid groups (broad SMARTS) is 1. The number of aliphatic carboxylic acids is 1. The number of likely N-dealkylation sites (tertiary alicyclic amines) is 1. The monoisotopic (exact) mass is 315 g/mol. The Morgan fingerprint density at radius 1 is 1.33 bits per heavy atom. The molecule has 1 heterocycles.